The summed E-state index contributed by atoms with van der Waals surface area (Å²) in [5, 5.41) is 15.0. The first-order chi connectivity index (χ1) is 14.9. The van der Waals surface area contributed by atoms with Crippen molar-refractivity contribution in [3.05, 3.63) is 48.5 Å². The molecule has 2 N–H and O–H groups in total. The number of anilines is 4. The highest BCUT2D eigenvalue weighted by Crippen LogP contribution is 2.37. The maximum absolute atomic E-state index is 13.1. The SMILES string of the molecule is COc1ccc(Nc2nnc(SCC(=O)N3c4ccccc4NC(=O)C3(C)C)s2)cc1. The average molecular weight is 456 g/mol. The first-order valence-corrected chi connectivity index (χ1v) is 11.3. The molecule has 1 aromatic heterocycles. The molecule has 0 radical (unpaired) electrons. The summed E-state index contributed by atoms with van der Waals surface area (Å²) in [5.41, 5.74) is 1.19. The monoisotopic (exact) mass is 455 g/mol. The fraction of sp³-hybridized carbons (Fsp3) is 0.238. The third kappa shape index (κ3) is 4.35. The van der Waals surface area contributed by atoms with Crippen molar-refractivity contribution in [1.82, 2.24) is 10.2 Å². The van der Waals surface area contributed by atoms with Gasteiger partial charge in [0.05, 0.1) is 24.2 Å². The second-order valence-corrected chi connectivity index (χ2v) is 9.47. The third-order valence-electron chi connectivity index (χ3n) is 4.82. The van der Waals surface area contributed by atoms with Gasteiger partial charge in [0, 0.05) is 5.69 Å². The fourth-order valence-corrected chi connectivity index (χ4v) is 4.82. The summed E-state index contributed by atoms with van der Waals surface area (Å²) in [4.78, 5) is 27.2. The minimum atomic E-state index is -0.992. The van der Waals surface area contributed by atoms with Gasteiger partial charge in [0.15, 0.2) is 4.34 Å². The number of rotatable bonds is 6. The van der Waals surface area contributed by atoms with Crippen LogP contribution in [0.25, 0.3) is 0 Å². The Bertz CT molecular complexity index is 1110. The number of para-hydroxylation sites is 2. The van der Waals surface area contributed by atoms with Crippen LogP contribution in [0.1, 0.15) is 13.8 Å². The van der Waals surface area contributed by atoms with Gasteiger partial charge in [-0.05, 0) is 50.2 Å². The van der Waals surface area contributed by atoms with Crippen LogP contribution in [0.5, 0.6) is 5.75 Å². The van der Waals surface area contributed by atoms with Crippen LogP contribution in [0.15, 0.2) is 52.9 Å². The van der Waals surface area contributed by atoms with Gasteiger partial charge in [-0.3, -0.25) is 14.5 Å². The number of nitrogens with zero attached hydrogens (tertiary/aromatic N) is 3. The van der Waals surface area contributed by atoms with E-state index in [-0.39, 0.29) is 17.6 Å². The van der Waals surface area contributed by atoms with E-state index < -0.39 is 5.54 Å². The van der Waals surface area contributed by atoms with Crippen molar-refractivity contribution in [3.63, 3.8) is 0 Å². The highest BCUT2D eigenvalue weighted by atomic mass is 32.2. The molecule has 3 aromatic rings. The lowest BCUT2D eigenvalue weighted by atomic mass is 9.96. The molecule has 0 aliphatic carbocycles. The number of carbonyl (C=O) groups is 2. The molecule has 2 heterocycles. The molecule has 0 spiro atoms. The van der Waals surface area contributed by atoms with Crippen molar-refractivity contribution < 1.29 is 14.3 Å². The molecule has 0 saturated heterocycles. The number of aromatic nitrogens is 2. The van der Waals surface area contributed by atoms with Crippen LogP contribution < -0.4 is 20.3 Å². The van der Waals surface area contributed by atoms with Crippen molar-refractivity contribution in [3.8, 4) is 5.75 Å². The van der Waals surface area contributed by atoms with Crippen LogP contribution in [-0.2, 0) is 9.59 Å². The minimum Gasteiger partial charge on any atom is -0.497 e. The topological polar surface area (TPSA) is 96.4 Å². The van der Waals surface area contributed by atoms with Crippen molar-refractivity contribution in [2.45, 2.75) is 23.7 Å². The third-order valence-corrected chi connectivity index (χ3v) is 6.78. The molecule has 1 aliphatic rings. The molecule has 0 saturated carbocycles. The fourth-order valence-electron chi connectivity index (χ4n) is 3.20. The van der Waals surface area contributed by atoms with Crippen molar-refractivity contribution in [1.29, 1.82) is 0 Å². The zero-order chi connectivity index (χ0) is 22.0. The molecule has 160 valence electrons. The number of hydrogen-bond acceptors (Lipinski definition) is 8. The lowest BCUT2D eigenvalue weighted by Crippen LogP contribution is -2.58. The second kappa shape index (κ2) is 8.56. The molecule has 4 rings (SSSR count). The normalized spacial score (nSPS) is 14.5. The molecule has 8 nitrogen and oxygen atoms in total. The first-order valence-electron chi connectivity index (χ1n) is 9.49. The molecular formula is C21H21N5O3S2. The van der Waals surface area contributed by atoms with E-state index in [0.29, 0.717) is 20.8 Å². The van der Waals surface area contributed by atoms with E-state index in [0.717, 1.165) is 11.4 Å². The standard InChI is InChI=1S/C21H21N5O3S2/c1-21(2)18(28)23-15-6-4-5-7-16(15)26(21)17(27)12-30-20-25-24-19(31-20)22-13-8-10-14(29-3)11-9-13/h4-11H,12H2,1-3H3,(H,22,24)(H,23,28). The lowest BCUT2D eigenvalue weighted by molar-refractivity contribution is -0.125. The number of hydrogen-bond donors (Lipinski definition) is 2. The number of benzene rings is 2. The Morgan fingerprint density at radius 3 is 2.68 bits per heavy atom. The van der Waals surface area contributed by atoms with Gasteiger partial charge < -0.3 is 15.4 Å². The van der Waals surface area contributed by atoms with Gasteiger partial charge in [-0.15, -0.1) is 10.2 Å². The summed E-state index contributed by atoms with van der Waals surface area (Å²) >= 11 is 2.66. The van der Waals surface area contributed by atoms with E-state index in [1.165, 1.54) is 23.1 Å². The molecule has 0 bridgehead atoms. The summed E-state index contributed by atoms with van der Waals surface area (Å²) in [6, 6.07) is 14.8. The van der Waals surface area contributed by atoms with Crippen molar-refractivity contribution in [2.75, 3.05) is 28.4 Å². The number of thioether (sulfide) groups is 1. The first kappa shape index (κ1) is 21.1. The Morgan fingerprint density at radius 2 is 1.94 bits per heavy atom. The number of nitrogens with one attached hydrogen (secondary N) is 2. The number of amides is 2. The molecule has 1 aliphatic heterocycles. The number of fused-ring (bicyclic) bond motifs is 1. The summed E-state index contributed by atoms with van der Waals surface area (Å²) < 4.78 is 5.82. The Hall–Kier alpha value is -3.11. The van der Waals surface area contributed by atoms with Crippen molar-refractivity contribution >= 4 is 57.1 Å². The zero-order valence-corrected chi connectivity index (χ0v) is 18.8. The molecule has 0 unspecified atom stereocenters. The van der Waals surface area contributed by atoms with Gasteiger partial charge >= 0.3 is 0 Å². The molecule has 0 atom stereocenters. The predicted octanol–water partition coefficient (Wildman–Crippen LogP) is 4.15. The molecule has 2 aromatic carbocycles. The van der Waals surface area contributed by atoms with E-state index in [2.05, 4.69) is 20.8 Å². The Balaban J connectivity index is 1.43. The number of ether oxygens (including phenoxy) is 1. The summed E-state index contributed by atoms with van der Waals surface area (Å²) in [6.07, 6.45) is 0. The number of carbonyl (C=O) groups excluding carboxylic acids is 2. The summed E-state index contributed by atoms with van der Waals surface area (Å²) in [6.45, 7) is 3.48. The maximum atomic E-state index is 13.1. The zero-order valence-electron chi connectivity index (χ0n) is 17.2. The molecule has 2 amide bonds. The average Bonchev–Trinajstić information content (AvgIpc) is 3.20. The number of methoxy groups -OCH3 is 1. The van der Waals surface area contributed by atoms with Crippen LogP contribution in [-0.4, -0.2) is 40.4 Å². The van der Waals surface area contributed by atoms with E-state index in [4.69, 9.17) is 4.74 Å². The Morgan fingerprint density at radius 1 is 1.19 bits per heavy atom. The Labute approximate surface area is 188 Å². The van der Waals surface area contributed by atoms with E-state index in [1.807, 2.05) is 42.5 Å². The highest BCUT2D eigenvalue weighted by molar-refractivity contribution is 8.01. The van der Waals surface area contributed by atoms with Gasteiger partial charge in [-0.1, -0.05) is 35.2 Å². The lowest BCUT2D eigenvalue weighted by Gasteiger charge is -2.42. The predicted molar refractivity (Wildman–Crippen MR) is 124 cm³/mol. The van der Waals surface area contributed by atoms with Crippen molar-refractivity contribution in [2.24, 2.45) is 0 Å². The molecule has 31 heavy (non-hydrogen) atoms. The van der Waals surface area contributed by atoms with Crippen LogP contribution in [0.3, 0.4) is 0 Å². The van der Waals surface area contributed by atoms with Crippen LogP contribution in [0.4, 0.5) is 22.2 Å². The van der Waals surface area contributed by atoms with Gasteiger partial charge in [0.1, 0.15) is 11.3 Å². The van der Waals surface area contributed by atoms with E-state index >= 15 is 0 Å². The Kier molecular flexibility index (Phi) is 5.84. The van der Waals surface area contributed by atoms with Gasteiger partial charge in [-0.2, -0.15) is 0 Å². The van der Waals surface area contributed by atoms with E-state index in [9.17, 15) is 9.59 Å². The summed E-state index contributed by atoms with van der Waals surface area (Å²) in [5.74, 6) is 0.527. The summed E-state index contributed by atoms with van der Waals surface area (Å²) in [7, 11) is 1.62. The van der Waals surface area contributed by atoms with Crippen LogP contribution in [0, 0.1) is 0 Å². The highest BCUT2D eigenvalue weighted by Gasteiger charge is 2.43. The smallest absolute Gasteiger partial charge is 0.250 e. The largest absolute Gasteiger partial charge is 0.497 e. The molecule has 10 heteroatoms. The van der Waals surface area contributed by atoms with Gasteiger partial charge in [0.25, 0.3) is 0 Å². The van der Waals surface area contributed by atoms with Gasteiger partial charge in [0.2, 0.25) is 16.9 Å². The second-order valence-electron chi connectivity index (χ2n) is 7.27. The van der Waals surface area contributed by atoms with Crippen LogP contribution >= 0.6 is 23.1 Å². The molecular weight excluding hydrogens is 434 g/mol. The minimum absolute atomic E-state index is 0.141. The quantitative estimate of drug-likeness (QED) is 0.539. The maximum Gasteiger partial charge on any atom is 0.250 e. The van der Waals surface area contributed by atoms with Gasteiger partial charge in [-0.25, -0.2) is 0 Å². The van der Waals surface area contributed by atoms with Crippen LogP contribution in [0.2, 0.25) is 0 Å². The van der Waals surface area contributed by atoms with E-state index in [1.54, 1.807) is 31.9 Å². The molecule has 0 fully saturated rings.